The molecule has 160 valence electrons. The van der Waals surface area contributed by atoms with Gasteiger partial charge < -0.3 is 26.2 Å². The van der Waals surface area contributed by atoms with Crippen molar-refractivity contribution in [2.45, 2.75) is 0 Å². The maximum Gasteiger partial charge on any atom is 0.257 e. The van der Waals surface area contributed by atoms with Crippen molar-refractivity contribution >= 4 is 34.5 Å². The van der Waals surface area contributed by atoms with E-state index < -0.39 is 5.91 Å². The standard InChI is InChI=1S/C24H19N3O5/c1-32-21-8-6-16(11-20(21)28)26-12-18-17-10-14(5-7-19(17)27-24(18)31)22(29)13-3-2-4-15(9-13)23(25)30/h2-12,26,28H,1H3,(H2,25,30)(H,27,31). The van der Waals surface area contributed by atoms with Gasteiger partial charge in [0.15, 0.2) is 17.3 Å². The molecule has 1 aliphatic rings. The van der Waals surface area contributed by atoms with E-state index in [9.17, 15) is 19.5 Å². The number of fused-ring (bicyclic) bond motifs is 1. The molecular formula is C24H19N3O5. The van der Waals surface area contributed by atoms with Crippen LogP contribution in [0.3, 0.4) is 0 Å². The molecule has 8 heteroatoms. The Morgan fingerprint density at radius 3 is 2.50 bits per heavy atom. The molecule has 0 atom stereocenters. The van der Waals surface area contributed by atoms with Crippen molar-refractivity contribution in [2.75, 3.05) is 17.7 Å². The van der Waals surface area contributed by atoms with E-state index >= 15 is 0 Å². The van der Waals surface area contributed by atoms with E-state index in [2.05, 4.69) is 10.6 Å². The molecule has 1 aliphatic heterocycles. The third kappa shape index (κ3) is 3.89. The van der Waals surface area contributed by atoms with Gasteiger partial charge >= 0.3 is 0 Å². The second-order valence-corrected chi connectivity index (χ2v) is 7.08. The Labute approximate surface area is 183 Å². The van der Waals surface area contributed by atoms with Crippen molar-refractivity contribution in [3.8, 4) is 11.5 Å². The summed E-state index contributed by atoms with van der Waals surface area (Å²) in [5.74, 6) is -0.966. The number of primary amides is 1. The molecule has 0 radical (unpaired) electrons. The van der Waals surface area contributed by atoms with Crippen LogP contribution in [0.1, 0.15) is 31.8 Å². The third-order valence-electron chi connectivity index (χ3n) is 5.04. The molecule has 32 heavy (non-hydrogen) atoms. The quantitative estimate of drug-likeness (QED) is 0.352. The lowest BCUT2D eigenvalue weighted by Gasteiger charge is -2.07. The summed E-state index contributed by atoms with van der Waals surface area (Å²) in [5, 5.41) is 15.7. The number of rotatable bonds is 6. The highest BCUT2D eigenvalue weighted by Gasteiger charge is 2.25. The Morgan fingerprint density at radius 1 is 1.03 bits per heavy atom. The number of methoxy groups -OCH3 is 1. The number of hydrogen-bond acceptors (Lipinski definition) is 6. The normalized spacial score (nSPS) is 13.4. The summed E-state index contributed by atoms with van der Waals surface area (Å²) in [4.78, 5) is 36.8. The van der Waals surface area contributed by atoms with E-state index in [0.29, 0.717) is 39.4 Å². The molecule has 5 N–H and O–H groups in total. The Morgan fingerprint density at radius 2 is 1.78 bits per heavy atom. The number of anilines is 2. The van der Waals surface area contributed by atoms with E-state index in [1.54, 1.807) is 42.5 Å². The lowest BCUT2D eigenvalue weighted by atomic mass is 9.97. The Balaban J connectivity index is 1.64. The first-order valence-electron chi connectivity index (χ1n) is 9.61. The van der Waals surface area contributed by atoms with Gasteiger partial charge in [-0.1, -0.05) is 12.1 Å². The number of benzene rings is 3. The van der Waals surface area contributed by atoms with Gasteiger partial charge in [0.1, 0.15) is 0 Å². The molecule has 3 aromatic rings. The van der Waals surface area contributed by atoms with Crippen molar-refractivity contribution in [1.29, 1.82) is 0 Å². The summed E-state index contributed by atoms with van der Waals surface area (Å²) in [5.41, 5.74) is 8.22. The van der Waals surface area contributed by atoms with Crippen molar-refractivity contribution < 1.29 is 24.2 Å². The first-order valence-corrected chi connectivity index (χ1v) is 9.61. The van der Waals surface area contributed by atoms with Crippen LogP contribution in [0.4, 0.5) is 11.4 Å². The number of hydrogen-bond donors (Lipinski definition) is 4. The smallest absolute Gasteiger partial charge is 0.257 e. The second kappa shape index (κ2) is 8.27. The molecule has 1 heterocycles. The fourth-order valence-electron chi connectivity index (χ4n) is 3.39. The van der Waals surface area contributed by atoms with Crippen molar-refractivity contribution in [3.05, 3.63) is 89.1 Å². The Kier molecular flexibility index (Phi) is 5.34. The molecule has 0 unspecified atom stereocenters. The van der Waals surface area contributed by atoms with Gasteiger partial charge in [-0.3, -0.25) is 14.4 Å². The maximum absolute atomic E-state index is 13.0. The van der Waals surface area contributed by atoms with Crippen LogP contribution in [0, 0.1) is 0 Å². The number of nitrogens with two attached hydrogens (primary N) is 1. The van der Waals surface area contributed by atoms with E-state index in [1.807, 2.05) is 0 Å². The van der Waals surface area contributed by atoms with Gasteiger partial charge in [0.05, 0.1) is 12.7 Å². The van der Waals surface area contributed by atoms with E-state index in [4.69, 9.17) is 10.5 Å². The highest BCUT2D eigenvalue weighted by atomic mass is 16.5. The number of ether oxygens (including phenoxy) is 1. The molecule has 4 rings (SSSR count). The van der Waals surface area contributed by atoms with Crippen LogP contribution < -0.4 is 21.1 Å². The zero-order valence-electron chi connectivity index (χ0n) is 17.0. The fourth-order valence-corrected chi connectivity index (χ4v) is 3.39. The topological polar surface area (TPSA) is 131 Å². The van der Waals surface area contributed by atoms with Gasteiger partial charge in [0, 0.05) is 45.9 Å². The van der Waals surface area contributed by atoms with Crippen molar-refractivity contribution in [1.82, 2.24) is 0 Å². The monoisotopic (exact) mass is 429 g/mol. The zero-order valence-corrected chi connectivity index (χ0v) is 17.0. The highest BCUT2D eigenvalue weighted by Crippen LogP contribution is 2.34. The van der Waals surface area contributed by atoms with Crippen LogP contribution in [-0.2, 0) is 4.79 Å². The minimum absolute atomic E-state index is 0.0433. The number of phenolic OH excluding ortho intramolecular Hbond substituents is 1. The molecular weight excluding hydrogens is 410 g/mol. The maximum atomic E-state index is 13.0. The summed E-state index contributed by atoms with van der Waals surface area (Å²) in [6.07, 6.45) is 1.50. The minimum atomic E-state index is -0.621. The second-order valence-electron chi connectivity index (χ2n) is 7.08. The molecule has 0 aliphatic carbocycles. The van der Waals surface area contributed by atoms with Crippen LogP contribution in [0.25, 0.3) is 5.57 Å². The number of phenols is 1. The number of aromatic hydroxyl groups is 1. The number of nitrogens with one attached hydrogen (secondary N) is 2. The molecule has 0 saturated carbocycles. The van der Waals surface area contributed by atoms with Crippen molar-refractivity contribution in [2.24, 2.45) is 5.73 Å². The number of amides is 2. The predicted octanol–water partition coefficient (Wildman–Crippen LogP) is 3.14. The molecule has 3 aromatic carbocycles. The molecule has 0 saturated heterocycles. The van der Waals surface area contributed by atoms with Crippen molar-refractivity contribution in [3.63, 3.8) is 0 Å². The number of ketones is 1. The largest absolute Gasteiger partial charge is 0.504 e. The van der Waals surface area contributed by atoms with Gasteiger partial charge in [-0.15, -0.1) is 0 Å². The van der Waals surface area contributed by atoms with E-state index in [1.165, 1.54) is 31.5 Å². The van der Waals surface area contributed by atoms with E-state index in [-0.39, 0.29) is 23.0 Å². The van der Waals surface area contributed by atoms with Gasteiger partial charge in [-0.2, -0.15) is 0 Å². The average molecular weight is 429 g/mol. The highest BCUT2D eigenvalue weighted by molar-refractivity contribution is 6.32. The van der Waals surface area contributed by atoms with Gasteiger partial charge in [0.25, 0.3) is 5.91 Å². The first kappa shape index (κ1) is 20.7. The summed E-state index contributed by atoms with van der Waals surface area (Å²) in [7, 11) is 1.45. The minimum Gasteiger partial charge on any atom is -0.504 e. The molecule has 0 aromatic heterocycles. The lowest BCUT2D eigenvalue weighted by molar-refractivity contribution is -0.110. The summed E-state index contributed by atoms with van der Waals surface area (Å²) >= 11 is 0. The summed E-state index contributed by atoms with van der Waals surface area (Å²) in [6, 6.07) is 15.8. The van der Waals surface area contributed by atoms with Gasteiger partial charge in [-0.25, -0.2) is 0 Å². The average Bonchev–Trinajstić information content (AvgIpc) is 3.11. The number of carbonyl (C=O) groups is 3. The van der Waals surface area contributed by atoms with Crippen LogP contribution in [0.5, 0.6) is 11.5 Å². The molecule has 8 nitrogen and oxygen atoms in total. The number of carbonyl (C=O) groups excluding carboxylic acids is 3. The van der Waals surface area contributed by atoms with E-state index in [0.717, 1.165) is 0 Å². The fraction of sp³-hybridized carbons (Fsp3) is 0.0417. The van der Waals surface area contributed by atoms with Crippen LogP contribution >= 0.6 is 0 Å². The molecule has 2 amide bonds. The third-order valence-corrected chi connectivity index (χ3v) is 5.04. The van der Waals surface area contributed by atoms with Crippen LogP contribution in [0.2, 0.25) is 0 Å². The molecule has 0 bridgehead atoms. The van der Waals surface area contributed by atoms with Gasteiger partial charge in [-0.05, 0) is 42.5 Å². The Bertz CT molecular complexity index is 1300. The summed E-state index contributed by atoms with van der Waals surface area (Å²) in [6.45, 7) is 0. The zero-order chi connectivity index (χ0) is 22.8. The van der Waals surface area contributed by atoms with Gasteiger partial charge in [0.2, 0.25) is 5.91 Å². The molecule has 0 fully saturated rings. The molecule has 0 spiro atoms. The first-order chi connectivity index (χ1) is 15.4. The SMILES string of the molecule is COc1ccc(NC=C2C(=O)Nc3ccc(C(=O)c4cccc(C(N)=O)c4)cc32)cc1O. The Hall–Kier alpha value is -4.59. The predicted molar refractivity (Wildman–Crippen MR) is 120 cm³/mol. The summed E-state index contributed by atoms with van der Waals surface area (Å²) < 4.78 is 5.02. The van der Waals surface area contributed by atoms with Crippen LogP contribution in [0.15, 0.2) is 66.9 Å². The lowest BCUT2D eigenvalue weighted by Crippen LogP contribution is -2.12. The van der Waals surface area contributed by atoms with Crippen LogP contribution in [-0.4, -0.2) is 29.8 Å².